The number of carbonyl (C=O) groups excluding carboxylic acids is 1. The van der Waals surface area contributed by atoms with E-state index in [-0.39, 0.29) is 6.03 Å². The first-order valence-corrected chi connectivity index (χ1v) is 7.44. The van der Waals surface area contributed by atoms with Crippen molar-refractivity contribution in [2.45, 2.75) is 32.9 Å². The summed E-state index contributed by atoms with van der Waals surface area (Å²) in [6.45, 7) is 3.36. The number of aryl methyl sites for hydroxylation is 1. The highest BCUT2D eigenvalue weighted by atomic mass is 32.1. The number of tetrazole rings is 1. The quantitative estimate of drug-likeness (QED) is 0.886. The predicted molar refractivity (Wildman–Crippen MR) is 77.5 cm³/mol. The van der Waals surface area contributed by atoms with Gasteiger partial charge in [-0.1, -0.05) is 18.4 Å². The van der Waals surface area contributed by atoms with Crippen LogP contribution in [0.25, 0.3) is 0 Å². The summed E-state index contributed by atoms with van der Waals surface area (Å²) in [4.78, 5) is 13.7. The van der Waals surface area contributed by atoms with Crippen molar-refractivity contribution in [2.75, 3.05) is 12.4 Å². The Kier molecular flexibility index (Phi) is 5.05. The molecule has 0 spiro atoms. The molecular formula is C12H18N6OS. The minimum absolute atomic E-state index is 0.219. The lowest BCUT2D eigenvalue weighted by Crippen LogP contribution is -2.31. The SMILES string of the molecule is CCCCn1nnnc1NC(=O)N(C)Cc1ccsc1. The third-order valence-electron chi connectivity index (χ3n) is 2.82. The van der Waals surface area contributed by atoms with Crippen LogP contribution in [0.2, 0.25) is 0 Å². The first-order valence-electron chi connectivity index (χ1n) is 6.50. The molecule has 0 atom stereocenters. The van der Waals surface area contributed by atoms with Crippen LogP contribution in [-0.2, 0) is 13.1 Å². The number of urea groups is 1. The standard InChI is InChI=1S/C12H18N6OS/c1-3-4-6-18-11(14-15-16-18)13-12(19)17(2)8-10-5-7-20-9-10/h5,7,9H,3-4,6,8H2,1-2H3,(H,13,14,16,19). The Labute approximate surface area is 121 Å². The molecule has 108 valence electrons. The van der Waals surface area contributed by atoms with Gasteiger partial charge in [0.15, 0.2) is 0 Å². The second kappa shape index (κ2) is 6.99. The first kappa shape index (κ1) is 14.4. The minimum atomic E-state index is -0.219. The molecule has 0 aromatic carbocycles. The third-order valence-corrected chi connectivity index (χ3v) is 3.55. The Hall–Kier alpha value is -1.96. The number of rotatable bonds is 6. The van der Waals surface area contributed by atoms with Gasteiger partial charge in [0.25, 0.3) is 5.95 Å². The molecule has 0 aliphatic carbocycles. The number of aromatic nitrogens is 4. The van der Waals surface area contributed by atoms with Crippen LogP contribution in [0, 0.1) is 0 Å². The van der Waals surface area contributed by atoms with Crippen LogP contribution in [0.4, 0.5) is 10.7 Å². The fourth-order valence-corrected chi connectivity index (χ4v) is 2.33. The van der Waals surface area contributed by atoms with Crippen molar-refractivity contribution in [1.82, 2.24) is 25.1 Å². The topological polar surface area (TPSA) is 75.9 Å². The number of hydrogen-bond donors (Lipinski definition) is 1. The highest BCUT2D eigenvalue weighted by Crippen LogP contribution is 2.10. The van der Waals surface area contributed by atoms with Crippen molar-refractivity contribution in [3.8, 4) is 0 Å². The Balaban J connectivity index is 1.92. The summed E-state index contributed by atoms with van der Waals surface area (Å²) >= 11 is 1.62. The summed E-state index contributed by atoms with van der Waals surface area (Å²) in [5, 5.41) is 18.0. The van der Waals surface area contributed by atoms with E-state index in [9.17, 15) is 4.79 Å². The van der Waals surface area contributed by atoms with Gasteiger partial charge in [0.2, 0.25) is 0 Å². The van der Waals surface area contributed by atoms with E-state index >= 15 is 0 Å². The molecule has 0 fully saturated rings. The van der Waals surface area contributed by atoms with Crippen molar-refractivity contribution in [3.63, 3.8) is 0 Å². The number of thiophene rings is 1. The highest BCUT2D eigenvalue weighted by molar-refractivity contribution is 7.07. The lowest BCUT2D eigenvalue weighted by atomic mass is 10.3. The van der Waals surface area contributed by atoms with Crippen LogP contribution < -0.4 is 5.32 Å². The summed E-state index contributed by atoms with van der Waals surface area (Å²) in [7, 11) is 1.74. The summed E-state index contributed by atoms with van der Waals surface area (Å²) in [6.07, 6.45) is 2.02. The molecule has 0 aliphatic heterocycles. The lowest BCUT2D eigenvalue weighted by molar-refractivity contribution is 0.220. The van der Waals surface area contributed by atoms with Gasteiger partial charge in [0.05, 0.1) is 0 Å². The zero-order valence-corrected chi connectivity index (χ0v) is 12.4. The first-order chi connectivity index (χ1) is 9.70. The number of nitrogens with one attached hydrogen (secondary N) is 1. The second-order valence-corrected chi connectivity index (χ2v) is 5.28. The average molecular weight is 294 g/mol. The molecule has 0 saturated heterocycles. The van der Waals surface area contributed by atoms with E-state index < -0.39 is 0 Å². The molecule has 8 heteroatoms. The maximum atomic E-state index is 12.1. The van der Waals surface area contributed by atoms with E-state index in [0.29, 0.717) is 19.0 Å². The van der Waals surface area contributed by atoms with Gasteiger partial charge in [-0.15, -0.1) is 0 Å². The van der Waals surface area contributed by atoms with E-state index in [4.69, 9.17) is 0 Å². The summed E-state index contributed by atoms with van der Waals surface area (Å²) in [5.41, 5.74) is 1.11. The summed E-state index contributed by atoms with van der Waals surface area (Å²) < 4.78 is 1.61. The number of carbonyl (C=O) groups is 1. The number of anilines is 1. The van der Waals surface area contributed by atoms with Gasteiger partial charge < -0.3 is 4.90 Å². The third kappa shape index (κ3) is 3.77. The van der Waals surface area contributed by atoms with Crippen molar-refractivity contribution in [1.29, 1.82) is 0 Å². The molecule has 2 aromatic heterocycles. The molecule has 20 heavy (non-hydrogen) atoms. The molecule has 1 N–H and O–H groups in total. The fraction of sp³-hybridized carbons (Fsp3) is 0.500. The van der Waals surface area contributed by atoms with Gasteiger partial charge >= 0.3 is 6.03 Å². The molecule has 0 bridgehead atoms. The molecule has 2 rings (SSSR count). The van der Waals surface area contributed by atoms with Crippen LogP contribution >= 0.6 is 11.3 Å². The van der Waals surface area contributed by atoms with Gasteiger partial charge in [-0.3, -0.25) is 5.32 Å². The molecule has 2 aromatic rings. The van der Waals surface area contributed by atoms with Gasteiger partial charge in [-0.25, -0.2) is 9.48 Å². The number of amides is 2. The van der Waals surface area contributed by atoms with Crippen molar-refractivity contribution in [3.05, 3.63) is 22.4 Å². The van der Waals surface area contributed by atoms with Gasteiger partial charge in [-0.2, -0.15) is 11.3 Å². The number of unbranched alkanes of at least 4 members (excludes halogenated alkanes) is 1. The van der Waals surface area contributed by atoms with E-state index in [1.165, 1.54) is 0 Å². The van der Waals surface area contributed by atoms with E-state index in [1.807, 2.05) is 16.8 Å². The van der Waals surface area contributed by atoms with Crippen LogP contribution in [0.5, 0.6) is 0 Å². The summed E-state index contributed by atoms with van der Waals surface area (Å²) in [5.74, 6) is 0.389. The maximum absolute atomic E-state index is 12.1. The van der Waals surface area contributed by atoms with Crippen molar-refractivity contribution in [2.24, 2.45) is 0 Å². The van der Waals surface area contributed by atoms with Crippen molar-refractivity contribution < 1.29 is 4.79 Å². The smallest absolute Gasteiger partial charge is 0.323 e. The van der Waals surface area contributed by atoms with Crippen LogP contribution in [-0.4, -0.2) is 38.2 Å². The number of nitrogens with zero attached hydrogens (tertiary/aromatic N) is 5. The molecule has 0 aliphatic rings. The zero-order valence-electron chi connectivity index (χ0n) is 11.6. The maximum Gasteiger partial charge on any atom is 0.324 e. The normalized spacial score (nSPS) is 10.5. The van der Waals surface area contributed by atoms with Gasteiger partial charge in [0, 0.05) is 20.1 Å². The molecule has 0 saturated carbocycles. The molecular weight excluding hydrogens is 276 g/mol. The second-order valence-electron chi connectivity index (χ2n) is 4.50. The largest absolute Gasteiger partial charge is 0.324 e. The molecule has 2 heterocycles. The predicted octanol–water partition coefficient (Wildman–Crippen LogP) is 2.20. The van der Waals surface area contributed by atoms with Crippen LogP contribution in [0.3, 0.4) is 0 Å². The lowest BCUT2D eigenvalue weighted by Gasteiger charge is -2.16. The molecule has 2 amide bonds. The fourth-order valence-electron chi connectivity index (χ4n) is 1.67. The highest BCUT2D eigenvalue weighted by Gasteiger charge is 2.13. The van der Waals surface area contributed by atoms with E-state index in [0.717, 1.165) is 18.4 Å². The van der Waals surface area contributed by atoms with E-state index in [2.05, 4.69) is 27.8 Å². The van der Waals surface area contributed by atoms with Crippen molar-refractivity contribution >= 4 is 23.3 Å². The number of hydrogen-bond acceptors (Lipinski definition) is 5. The zero-order chi connectivity index (χ0) is 14.4. The minimum Gasteiger partial charge on any atom is -0.323 e. The van der Waals surface area contributed by atoms with Crippen LogP contribution in [0.1, 0.15) is 25.3 Å². The molecule has 7 nitrogen and oxygen atoms in total. The summed E-state index contributed by atoms with van der Waals surface area (Å²) in [6, 6.07) is 1.78. The Morgan fingerprint density at radius 1 is 1.55 bits per heavy atom. The average Bonchev–Trinajstić information content (AvgIpc) is 3.08. The molecule has 0 unspecified atom stereocenters. The van der Waals surface area contributed by atoms with Crippen LogP contribution in [0.15, 0.2) is 16.8 Å². The monoisotopic (exact) mass is 294 g/mol. The van der Waals surface area contributed by atoms with E-state index in [1.54, 1.807) is 28.0 Å². The van der Waals surface area contributed by atoms with Gasteiger partial charge in [-0.05, 0) is 39.2 Å². The Morgan fingerprint density at radius 3 is 3.10 bits per heavy atom. The Morgan fingerprint density at radius 2 is 2.40 bits per heavy atom. The van der Waals surface area contributed by atoms with Gasteiger partial charge in [0.1, 0.15) is 0 Å². The Bertz CT molecular complexity index is 538. The molecule has 0 radical (unpaired) electrons.